The highest BCUT2D eigenvalue weighted by molar-refractivity contribution is 5.24. The maximum Gasteiger partial charge on any atom is 0.130 e. The van der Waals surface area contributed by atoms with E-state index >= 15 is 0 Å². The highest BCUT2D eigenvalue weighted by Gasteiger charge is 2.28. The van der Waals surface area contributed by atoms with Crippen molar-refractivity contribution in [2.45, 2.75) is 32.0 Å². The van der Waals surface area contributed by atoms with Crippen LogP contribution in [0.1, 0.15) is 31.4 Å². The van der Waals surface area contributed by atoms with E-state index in [2.05, 4.69) is 23.1 Å². The summed E-state index contributed by atoms with van der Waals surface area (Å²) < 4.78 is 27.1. The molecular weight excluding hydrogens is 224 g/mol. The SMILES string of the molecule is CCCNC1CC(c2c(F)cccc2F)NN1. The summed E-state index contributed by atoms with van der Waals surface area (Å²) in [5, 5.41) is 3.25. The molecule has 1 heterocycles. The standard InChI is InChI=1S/C12H17F2N3/c1-2-6-15-11-7-10(16-17-11)12-8(13)4-3-5-9(12)14/h3-5,10-11,15-17H,2,6-7H2,1H3. The predicted octanol–water partition coefficient (Wildman–Crippen LogP) is 1.83. The molecule has 0 aliphatic carbocycles. The summed E-state index contributed by atoms with van der Waals surface area (Å²) in [6.07, 6.45) is 1.70. The number of benzene rings is 1. The van der Waals surface area contributed by atoms with Crippen molar-refractivity contribution in [3.8, 4) is 0 Å². The van der Waals surface area contributed by atoms with Gasteiger partial charge in [-0.15, -0.1) is 0 Å². The fourth-order valence-corrected chi connectivity index (χ4v) is 2.04. The Morgan fingerprint density at radius 1 is 1.29 bits per heavy atom. The first-order valence-electron chi connectivity index (χ1n) is 5.90. The van der Waals surface area contributed by atoms with Crippen molar-refractivity contribution < 1.29 is 8.78 Å². The molecule has 1 fully saturated rings. The van der Waals surface area contributed by atoms with Crippen LogP contribution in [0.4, 0.5) is 8.78 Å². The van der Waals surface area contributed by atoms with Gasteiger partial charge in [-0.2, -0.15) is 0 Å². The van der Waals surface area contributed by atoms with Crippen molar-refractivity contribution in [1.29, 1.82) is 0 Å². The lowest BCUT2D eigenvalue weighted by Crippen LogP contribution is -2.41. The summed E-state index contributed by atoms with van der Waals surface area (Å²) in [7, 11) is 0. The van der Waals surface area contributed by atoms with E-state index < -0.39 is 11.6 Å². The van der Waals surface area contributed by atoms with Crippen LogP contribution in [0.5, 0.6) is 0 Å². The van der Waals surface area contributed by atoms with Crippen LogP contribution in [0.15, 0.2) is 18.2 Å². The lowest BCUT2D eigenvalue weighted by atomic mass is 10.0. The Kier molecular flexibility index (Phi) is 4.04. The van der Waals surface area contributed by atoms with Gasteiger partial charge >= 0.3 is 0 Å². The van der Waals surface area contributed by atoms with Crippen LogP contribution in [0.2, 0.25) is 0 Å². The summed E-state index contributed by atoms with van der Waals surface area (Å²) in [5.74, 6) is -0.999. The Hall–Kier alpha value is -1.04. The fraction of sp³-hybridized carbons (Fsp3) is 0.500. The molecule has 2 rings (SSSR count). The second kappa shape index (κ2) is 5.53. The number of halogens is 2. The van der Waals surface area contributed by atoms with E-state index in [1.54, 1.807) is 0 Å². The van der Waals surface area contributed by atoms with Crippen LogP contribution >= 0.6 is 0 Å². The van der Waals surface area contributed by atoms with E-state index in [0.717, 1.165) is 13.0 Å². The van der Waals surface area contributed by atoms with Gasteiger partial charge in [-0.05, 0) is 31.5 Å². The smallest absolute Gasteiger partial charge is 0.130 e. The Balaban J connectivity index is 2.05. The molecule has 2 atom stereocenters. The first-order chi connectivity index (χ1) is 8.22. The molecule has 3 N–H and O–H groups in total. The van der Waals surface area contributed by atoms with Crippen LogP contribution in [0.25, 0.3) is 0 Å². The Morgan fingerprint density at radius 3 is 2.65 bits per heavy atom. The Labute approximate surface area is 99.6 Å². The quantitative estimate of drug-likeness (QED) is 0.752. The number of hydrogen-bond acceptors (Lipinski definition) is 3. The summed E-state index contributed by atoms with van der Waals surface area (Å²) in [6.45, 7) is 2.95. The maximum absolute atomic E-state index is 13.6. The van der Waals surface area contributed by atoms with E-state index in [1.165, 1.54) is 18.2 Å². The first kappa shape index (κ1) is 12.4. The summed E-state index contributed by atoms with van der Waals surface area (Å²) >= 11 is 0. The Morgan fingerprint density at radius 2 is 2.00 bits per heavy atom. The van der Waals surface area contributed by atoms with Crippen LogP contribution < -0.4 is 16.2 Å². The van der Waals surface area contributed by atoms with Crippen LogP contribution in [0.3, 0.4) is 0 Å². The average Bonchev–Trinajstić information content (AvgIpc) is 2.75. The van der Waals surface area contributed by atoms with E-state index in [9.17, 15) is 8.78 Å². The molecule has 1 aromatic carbocycles. The molecule has 0 saturated carbocycles. The van der Waals surface area contributed by atoms with Gasteiger partial charge in [0.2, 0.25) is 0 Å². The van der Waals surface area contributed by atoms with E-state index in [4.69, 9.17) is 0 Å². The largest absolute Gasteiger partial charge is 0.301 e. The molecule has 0 radical (unpaired) electrons. The highest BCUT2D eigenvalue weighted by Crippen LogP contribution is 2.26. The molecule has 1 aliphatic rings. The molecule has 0 bridgehead atoms. The zero-order valence-corrected chi connectivity index (χ0v) is 9.76. The first-order valence-corrected chi connectivity index (χ1v) is 5.90. The maximum atomic E-state index is 13.6. The van der Waals surface area contributed by atoms with E-state index in [1.807, 2.05) is 0 Å². The van der Waals surface area contributed by atoms with Gasteiger partial charge in [0.05, 0.1) is 12.2 Å². The molecule has 1 aliphatic heterocycles. The van der Waals surface area contributed by atoms with Crippen molar-refractivity contribution in [1.82, 2.24) is 16.2 Å². The highest BCUT2D eigenvalue weighted by atomic mass is 19.1. The van der Waals surface area contributed by atoms with Crippen LogP contribution in [0, 0.1) is 11.6 Å². The second-order valence-corrected chi connectivity index (χ2v) is 4.22. The minimum absolute atomic E-state index is 0.0546. The zero-order valence-electron chi connectivity index (χ0n) is 9.76. The molecule has 2 unspecified atom stereocenters. The van der Waals surface area contributed by atoms with Gasteiger partial charge in [0.15, 0.2) is 0 Å². The fourth-order valence-electron chi connectivity index (χ4n) is 2.04. The zero-order chi connectivity index (χ0) is 12.3. The third kappa shape index (κ3) is 2.80. The van der Waals surface area contributed by atoms with Gasteiger partial charge in [-0.1, -0.05) is 13.0 Å². The van der Waals surface area contributed by atoms with Crippen LogP contribution in [-0.2, 0) is 0 Å². The molecule has 0 aromatic heterocycles. The average molecular weight is 241 g/mol. The third-order valence-electron chi connectivity index (χ3n) is 2.89. The van der Waals surface area contributed by atoms with Crippen molar-refractivity contribution in [2.24, 2.45) is 0 Å². The molecule has 1 aromatic rings. The normalized spacial score (nSPS) is 24.2. The van der Waals surface area contributed by atoms with Gasteiger partial charge in [0.1, 0.15) is 11.6 Å². The van der Waals surface area contributed by atoms with E-state index in [-0.39, 0.29) is 17.8 Å². The molecule has 0 spiro atoms. The van der Waals surface area contributed by atoms with Gasteiger partial charge in [0, 0.05) is 5.56 Å². The number of hydrazine groups is 1. The topological polar surface area (TPSA) is 36.1 Å². The van der Waals surface area contributed by atoms with Crippen LogP contribution in [-0.4, -0.2) is 12.7 Å². The molecule has 17 heavy (non-hydrogen) atoms. The van der Waals surface area contributed by atoms with Gasteiger partial charge in [-0.3, -0.25) is 0 Å². The lowest BCUT2D eigenvalue weighted by Gasteiger charge is -2.12. The van der Waals surface area contributed by atoms with Gasteiger partial charge in [-0.25, -0.2) is 19.6 Å². The number of rotatable bonds is 4. The minimum atomic E-state index is -0.500. The summed E-state index contributed by atoms with van der Waals surface area (Å²) in [4.78, 5) is 0. The number of hydrogen-bond donors (Lipinski definition) is 3. The third-order valence-corrected chi connectivity index (χ3v) is 2.89. The molecule has 5 heteroatoms. The van der Waals surface area contributed by atoms with Gasteiger partial charge < -0.3 is 5.32 Å². The summed E-state index contributed by atoms with van der Waals surface area (Å²) in [5.41, 5.74) is 6.03. The monoisotopic (exact) mass is 241 g/mol. The van der Waals surface area contributed by atoms with Crippen molar-refractivity contribution in [3.63, 3.8) is 0 Å². The molecule has 3 nitrogen and oxygen atoms in total. The molecule has 94 valence electrons. The van der Waals surface area contributed by atoms with E-state index in [0.29, 0.717) is 6.42 Å². The van der Waals surface area contributed by atoms with Crippen molar-refractivity contribution >= 4 is 0 Å². The Bertz CT molecular complexity index is 364. The molecule has 1 saturated heterocycles. The van der Waals surface area contributed by atoms with Crippen molar-refractivity contribution in [3.05, 3.63) is 35.4 Å². The summed E-state index contributed by atoms with van der Waals surface area (Å²) in [6, 6.07) is 3.62. The predicted molar refractivity (Wildman–Crippen MR) is 62.1 cm³/mol. The van der Waals surface area contributed by atoms with Crippen molar-refractivity contribution in [2.75, 3.05) is 6.54 Å². The number of nitrogens with one attached hydrogen (secondary N) is 3. The second-order valence-electron chi connectivity index (χ2n) is 4.22. The molecule has 0 amide bonds. The van der Waals surface area contributed by atoms with Gasteiger partial charge in [0.25, 0.3) is 0 Å². The minimum Gasteiger partial charge on any atom is -0.301 e. The molecular formula is C12H17F2N3. The lowest BCUT2D eigenvalue weighted by molar-refractivity contribution is 0.458.